The molecule has 0 radical (unpaired) electrons. The minimum Gasteiger partial charge on any atom is -0.327 e. The van der Waals surface area contributed by atoms with Crippen molar-refractivity contribution in [2.75, 3.05) is 101 Å². The minimum absolute atomic E-state index is 1.18. The average Bonchev–Trinajstić information content (AvgIpc) is 3.18. The van der Waals surface area contributed by atoms with E-state index in [4.69, 9.17) is 0 Å². The Labute approximate surface area is 370 Å². The summed E-state index contributed by atoms with van der Waals surface area (Å²) < 4.78 is 3.55. The van der Waals surface area contributed by atoms with Crippen LogP contribution in [0.4, 0.5) is 0 Å². The predicted molar refractivity (Wildman–Crippen MR) is 265 cm³/mol. The molecule has 0 aromatic carbocycles. The smallest absolute Gasteiger partial charge is 0.0911 e. The zero-order valence-electron chi connectivity index (χ0n) is 42.6. The zero-order valence-corrected chi connectivity index (χ0v) is 42.6. The number of hydrogen-bond donors (Lipinski definition) is 0. The largest absolute Gasteiger partial charge is 0.327 e. The van der Waals surface area contributed by atoms with Crippen LogP contribution in [0, 0.1) is 0 Å². The van der Waals surface area contributed by atoms with Gasteiger partial charge in [-0.2, -0.15) is 0 Å². The molecule has 58 heavy (non-hydrogen) atoms. The van der Waals surface area contributed by atoms with Gasteiger partial charge in [-0.25, -0.2) is 0 Å². The fourth-order valence-corrected chi connectivity index (χ4v) is 9.05. The van der Waals surface area contributed by atoms with Crippen LogP contribution >= 0.6 is 0 Å². The fourth-order valence-electron chi connectivity index (χ4n) is 9.05. The summed E-state index contributed by atoms with van der Waals surface area (Å²) in [4.78, 5) is 2.88. The monoisotopic (exact) mass is 822 g/mol. The number of rotatable bonds is 48. The molecule has 0 spiro atoms. The van der Waals surface area contributed by atoms with Gasteiger partial charge >= 0.3 is 0 Å². The lowest BCUT2D eigenvalue weighted by atomic mass is 10.1. The van der Waals surface area contributed by atoms with Gasteiger partial charge < -0.3 is 13.4 Å². The molecule has 0 aromatic heterocycles. The second-order valence-corrected chi connectivity index (χ2v) is 21.7. The molecule has 0 N–H and O–H groups in total. The summed E-state index contributed by atoms with van der Waals surface area (Å²) in [5.74, 6) is 0. The Hall–Kier alpha value is -0.160. The van der Waals surface area contributed by atoms with Gasteiger partial charge in [0.15, 0.2) is 0 Å². The highest BCUT2D eigenvalue weighted by molar-refractivity contribution is 4.60. The van der Waals surface area contributed by atoms with E-state index in [0.29, 0.717) is 0 Å². The number of likely N-dealkylation sites (N-methyl/N-ethyl adjacent to an activating group) is 3. The Morgan fingerprint density at radius 3 is 0.534 bits per heavy atom. The van der Waals surface area contributed by atoms with E-state index < -0.39 is 0 Å². The van der Waals surface area contributed by atoms with Gasteiger partial charge in [-0.15, -0.1) is 0 Å². The minimum atomic E-state index is 1.18. The summed E-state index contributed by atoms with van der Waals surface area (Å²) in [5, 5.41) is 0. The lowest BCUT2D eigenvalue weighted by Crippen LogP contribution is -2.52. The van der Waals surface area contributed by atoms with Crippen molar-refractivity contribution >= 4 is 0 Å². The molecular weight excluding hydrogens is 705 g/mol. The summed E-state index contributed by atoms with van der Waals surface area (Å²) in [6, 6.07) is 0. The Morgan fingerprint density at radius 2 is 0.362 bits per heavy atom. The molecule has 0 fully saturated rings. The molecule has 0 unspecified atom stereocenters. The molecule has 4 heteroatoms. The van der Waals surface area contributed by atoms with Crippen molar-refractivity contribution < 1.29 is 13.4 Å². The third kappa shape index (κ3) is 42.5. The first-order valence-corrected chi connectivity index (χ1v) is 27.2. The first-order valence-electron chi connectivity index (χ1n) is 27.2. The maximum atomic E-state index is 2.88. The van der Waals surface area contributed by atoms with Crippen molar-refractivity contribution in [3.63, 3.8) is 0 Å². The molecule has 0 atom stereocenters. The van der Waals surface area contributed by atoms with E-state index >= 15 is 0 Å². The molecule has 0 aromatic rings. The van der Waals surface area contributed by atoms with Gasteiger partial charge in [-0.05, 0) is 38.5 Å². The topological polar surface area (TPSA) is 3.24 Å². The molecule has 4 nitrogen and oxygen atoms in total. The van der Waals surface area contributed by atoms with Crippen LogP contribution in [-0.4, -0.2) is 120 Å². The van der Waals surface area contributed by atoms with Gasteiger partial charge in [0.05, 0.1) is 81.6 Å². The molecular formula is C54H117N4+3. The fraction of sp³-hybridized carbons (Fsp3) is 1.00. The highest BCUT2D eigenvalue weighted by Gasteiger charge is 2.23. The molecule has 0 saturated carbocycles. The van der Waals surface area contributed by atoms with Gasteiger partial charge in [-0.1, -0.05) is 213 Å². The van der Waals surface area contributed by atoms with Crippen LogP contribution < -0.4 is 0 Å². The molecule has 0 heterocycles. The van der Waals surface area contributed by atoms with Gasteiger partial charge in [0.25, 0.3) is 0 Å². The van der Waals surface area contributed by atoms with Crippen molar-refractivity contribution in [1.29, 1.82) is 0 Å². The lowest BCUT2D eigenvalue weighted by molar-refractivity contribution is -0.895. The molecule has 0 saturated heterocycles. The van der Waals surface area contributed by atoms with Crippen LogP contribution in [-0.2, 0) is 0 Å². The summed E-state index contributed by atoms with van der Waals surface area (Å²) in [6.07, 6.45) is 51.9. The van der Waals surface area contributed by atoms with E-state index in [1.807, 2.05) is 0 Å². The zero-order chi connectivity index (χ0) is 42.9. The second-order valence-electron chi connectivity index (χ2n) is 21.7. The summed E-state index contributed by atoms with van der Waals surface area (Å²) in [7, 11) is 15.1. The quantitative estimate of drug-likeness (QED) is 0.0437. The number of quaternary nitrogens is 3. The van der Waals surface area contributed by atoms with Crippen LogP contribution in [0.25, 0.3) is 0 Å². The van der Waals surface area contributed by atoms with Gasteiger partial charge in [0.1, 0.15) is 0 Å². The highest BCUT2D eigenvalue weighted by atomic mass is 15.4. The predicted octanol–water partition coefficient (Wildman–Crippen LogP) is 15.6. The van der Waals surface area contributed by atoms with Gasteiger partial charge in [-0.3, -0.25) is 4.90 Å². The Morgan fingerprint density at radius 1 is 0.207 bits per heavy atom. The van der Waals surface area contributed by atoms with E-state index in [0.717, 1.165) is 0 Å². The van der Waals surface area contributed by atoms with Gasteiger partial charge in [0, 0.05) is 19.6 Å². The summed E-state index contributed by atoms with van der Waals surface area (Å²) in [5.41, 5.74) is 0. The Kier molecular flexibility index (Phi) is 40.8. The number of unbranched alkanes of at least 4 members (excludes halogenated alkanes) is 33. The van der Waals surface area contributed by atoms with E-state index in [1.54, 1.807) is 0 Å². The molecule has 0 rings (SSSR count). The van der Waals surface area contributed by atoms with Crippen LogP contribution in [0.1, 0.15) is 252 Å². The molecule has 0 aliphatic rings. The molecule has 0 amide bonds. The summed E-state index contributed by atoms with van der Waals surface area (Å²) >= 11 is 0. The van der Waals surface area contributed by atoms with Gasteiger partial charge in [0.2, 0.25) is 0 Å². The first-order chi connectivity index (χ1) is 28.0. The Bertz CT molecular complexity index is 702. The van der Waals surface area contributed by atoms with E-state index in [9.17, 15) is 0 Å². The molecule has 0 aliphatic carbocycles. The van der Waals surface area contributed by atoms with Crippen molar-refractivity contribution in [3.05, 3.63) is 0 Å². The maximum Gasteiger partial charge on any atom is 0.0911 e. The van der Waals surface area contributed by atoms with Crippen molar-refractivity contribution in [2.45, 2.75) is 252 Å². The van der Waals surface area contributed by atoms with E-state index in [-0.39, 0.29) is 0 Å². The lowest BCUT2D eigenvalue weighted by Gasteiger charge is -2.37. The molecule has 0 aliphatic heterocycles. The number of nitrogens with zero attached hydrogens (tertiary/aromatic N) is 4. The maximum absolute atomic E-state index is 2.88. The third-order valence-corrected chi connectivity index (χ3v) is 13.9. The van der Waals surface area contributed by atoms with Crippen LogP contribution in [0.15, 0.2) is 0 Å². The normalized spacial score (nSPS) is 12.7. The Balaban J connectivity index is 4.66. The average molecular weight is 823 g/mol. The van der Waals surface area contributed by atoms with E-state index in [1.165, 1.54) is 304 Å². The number of hydrogen-bond acceptors (Lipinski definition) is 1. The highest BCUT2D eigenvalue weighted by Crippen LogP contribution is 2.16. The standard InChI is InChI=1S/C54H117N4/c1-10-13-16-19-22-25-28-31-34-37-40-43-49-56(4,5)52-46-55(47-53-57(6,7)50-44-41-38-35-32-29-26-23-20-17-14-11-2)48-54-58(8,9)51-45-42-39-36-33-30-27-24-21-18-15-12-3/h10-54H2,1-9H3/q+3. The first kappa shape index (κ1) is 57.8. The van der Waals surface area contributed by atoms with Crippen molar-refractivity contribution in [3.8, 4) is 0 Å². The summed E-state index contributed by atoms with van der Waals surface area (Å²) in [6.45, 7) is 18.6. The van der Waals surface area contributed by atoms with Crippen molar-refractivity contribution in [2.24, 2.45) is 0 Å². The third-order valence-electron chi connectivity index (χ3n) is 13.9. The van der Waals surface area contributed by atoms with E-state index in [2.05, 4.69) is 68.0 Å². The van der Waals surface area contributed by atoms with Crippen LogP contribution in [0.2, 0.25) is 0 Å². The SMILES string of the molecule is CCCCCCCCCCCCCC[N+](C)(C)CCN(CC[N+](C)(C)CCCCCCCCCCCCCC)CC[N+](C)(C)CCCCCCCCCCCCCC. The second kappa shape index (κ2) is 40.9. The molecule has 0 bridgehead atoms. The van der Waals surface area contributed by atoms with Crippen LogP contribution in [0.5, 0.6) is 0 Å². The molecule has 350 valence electrons. The van der Waals surface area contributed by atoms with Crippen LogP contribution in [0.3, 0.4) is 0 Å². The van der Waals surface area contributed by atoms with Crippen molar-refractivity contribution in [1.82, 2.24) is 4.90 Å².